The number of carbonyl (C=O) groups is 1. The number of likely N-dealkylation sites (tertiary alicyclic amines) is 1. The molecule has 2 aromatic rings. The molecule has 1 aromatic carbocycles. The molecule has 9 atom stereocenters. The zero-order chi connectivity index (χ0) is 27.7. The Bertz CT molecular complexity index is 1120. The van der Waals surface area contributed by atoms with Crippen LogP contribution in [0.2, 0.25) is 0 Å². The Kier molecular flexibility index (Phi) is 13.1. The molecule has 0 bridgehead atoms. The van der Waals surface area contributed by atoms with E-state index in [9.17, 15) is 20.1 Å². The minimum Gasteiger partial charge on any atom is -0.459 e. The van der Waals surface area contributed by atoms with E-state index in [2.05, 4.69) is 22.9 Å². The van der Waals surface area contributed by atoms with Gasteiger partial charge in [0.2, 0.25) is 5.22 Å². The maximum atomic E-state index is 13.7. The molecule has 3 N–H and O–H groups in total. The molecule has 11 heteroatoms. The number of nitrogens with zero attached hydrogens (tertiary/aromatic N) is 2. The summed E-state index contributed by atoms with van der Waals surface area (Å²) in [5, 5.41) is 32.3. The van der Waals surface area contributed by atoms with Gasteiger partial charge in [0, 0.05) is 24.1 Å². The molecule has 39 heavy (non-hydrogen) atoms. The predicted molar refractivity (Wildman–Crippen MR) is 150 cm³/mol. The van der Waals surface area contributed by atoms with Crippen molar-refractivity contribution in [1.29, 1.82) is 0 Å². The zero-order valence-electron chi connectivity index (χ0n) is 24.1. The van der Waals surface area contributed by atoms with Crippen LogP contribution in [-0.4, -0.2) is 92.0 Å². The second-order valence-corrected chi connectivity index (χ2v) is 13.2. The quantitative estimate of drug-likeness (QED) is 0.249. The molecule has 0 saturated carbocycles. The van der Waals surface area contributed by atoms with Crippen LogP contribution >= 0.6 is 23.5 Å². The van der Waals surface area contributed by atoms with Crippen LogP contribution in [0.1, 0.15) is 50.7 Å². The van der Waals surface area contributed by atoms with Gasteiger partial charge in [0.15, 0.2) is 0 Å². The number of aliphatic hydroxyl groups excluding tert-OH is 3. The summed E-state index contributed by atoms with van der Waals surface area (Å²) in [7, 11) is 2.00. The molecule has 0 aliphatic carbocycles. The summed E-state index contributed by atoms with van der Waals surface area (Å²) in [5.74, 6) is 0.170. The third-order valence-electron chi connectivity index (χ3n) is 8.25. The van der Waals surface area contributed by atoms with Crippen molar-refractivity contribution in [2.24, 2.45) is 11.8 Å². The third kappa shape index (κ3) is 7.61. The van der Waals surface area contributed by atoms with E-state index in [0.29, 0.717) is 16.7 Å². The summed E-state index contributed by atoms with van der Waals surface area (Å²) < 4.78 is 12.3. The van der Waals surface area contributed by atoms with Crippen molar-refractivity contribution in [3.8, 4) is 0 Å². The summed E-state index contributed by atoms with van der Waals surface area (Å²) >= 11 is 2.67. The number of rotatable bonds is 10. The average Bonchev–Trinajstić information content (AvgIpc) is 3.47. The number of ketones is 1. The van der Waals surface area contributed by atoms with Gasteiger partial charge in [-0.25, -0.2) is 0 Å². The number of likely N-dealkylation sites (N-methyl/N-ethyl adjacent to an activating group) is 1. The smallest absolute Gasteiger partial charge is 0.459 e. The number of oxazole rings is 1. The van der Waals surface area contributed by atoms with E-state index in [1.807, 2.05) is 33.9 Å². The molecule has 0 spiro atoms. The molecule has 3 heterocycles. The van der Waals surface area contributed by atoms with Crippen molar-refractivity contribution in [3.63, 3.8) is 0 Å². The first-order valence-electron chi connectivity index (χ1n) is 13.5. The number of ether oxygens (including phenoxy) is 1. The minimum atomic E-state index is -1.37. The van der Waals surface area contributed by atoms with Crippen LogP contribution in [0.15, 0.2) is 15.7 Å². The standard InChI is InChI=1S/C28H41N2O6S2.Rb/c1-7-8-17-11-20(30(5)13-17)21(31)12-18(26-23(33)22(32)24(34)27(35-26)37-6)16(4)38-28-29-19-10-9-14(2)15(3)25(19)36-28;/h10,16-18,20,22-24,26-27,32-34H,7-8,11-13H2,1-6H3;/q-1;+1/t16-,17+,18+,20-,22?,23?,24?,26?,27?;/m0./s1. The first-order valence-corrected chi connectivity index (χ1v) is 15.6. The molecule has 1 aromatic heterocycles. The van der Waals surface area contributed by atoms with Crippen molar-refractivity contribution in [2.45, 2.75) is 99.7 Å². The Morgan fingerprint density at radius 2 is 1.97 bits per heavy atom. The summed E-state index contributed by atoms with van der Waals surface area (Å²) in [5.41, 5.74) is 2.71. The molecule has 2 aliphatic heterocycles. The van der Waals surface area contributed by atoms with Gasteiger partial charge >= 0.3 is 58.2 Å². The van der Waals surface area contributed by atoms with Gasteiger partial charge in [-0.3, -0.25) is 14.7 Å². The van der Waals surface area contributed by atoms with Gasteiger partial charge in [-0.15, -0.1) is 23.4 Å². The van der Waals surface area contributed by atoms with Crippen molar-refractivity contribution >= 4 is 40.4 Å². The topological polar surface area (TPSA) is 116 Å². The largest absolute Gasteiger partial charge is 1.00 e. The second kappa shape index (κ2) is 14.9. The third-order valence-corrected chi connectivity index (χ3v) is 10.2. The van der Waals surface area contributed by atoms with Crippen molar-refractivity contribution < 1.29 is 87.5 Å². The Balaban J connectivity index is 0.00000420. The van der Waals surface area contributed by atoms with E-state index in [4.69, 9.17) is 9.15 Å². The van der Waals surface area contributed by atoms with E-state index in [1.54, 1.807) is 6.26 Å². The number of Topliss-reactive ketones (excluding diaryl/α,β-unsaturated/α-hetero) is 1. The van der Waals surface area contributed by atoms with Gasteiger partial charge in [0.1, 0.15) is 29.5 Å². The number of hydrogen-bond donors (Lipinski definition) is 3. The summed E-state index contributed by atoms with van der Waals surface area (Å²) in [6.07, 6.45) is 0.246. The minimum absolute atomic E-state index is 0. The Labute approximate surface area is 289 Å². The molecular formula is C28H41N2O6RbS2. The number of aromatic nitrogens is 1. The fourth-order valence-electron chi connectivity index (χ4n) is 5.87. The molecule has 8 nitrogen and oxygen atoms in total. The van der Waals surface area contributed by atoms with E-state index >= 15 is 0 Å². The molecule has 2 aliphatic rings. The van der Waals surface area contributed by atoms with Crippen LogP contribution in [0.5, 0.6) is 0 Å². The SMILES string of the molecule is CCC[C@@H]1C[C@@H](C(=O)C[C@@H](C2OC(SC)C(O)C(O)C2O)[C@H](C)Sc2nc3c[c-]c(C)c(C)c3o2)N(C)C1.[Rb+]. The van der Waals surface area contributed by atoms with Crippen molar-refractivity contribution in [2.75, 3.05) is 19.8 Å². The second-order valence-electron chi connectivity index (χ2n) is 10.9. The van der Waals surface area contributed by atoms with Gasteiger partial charge in [0.05, 0.1) is 17.7 Å². The van der Waals surface area contributed by atoms with Gasteiger partial charge in [-0.2, -0.15) is 11.6 Å². The Morgan fingerprint density at radius 3 is 2.64 bits per heavy atom. The maximum absolute atomic E-state index is 13.7. The Hall–Kier alpha value is 0.665. The van der Waals surface area contributed by atoms with E-state index in [-0.39, 0.29) is 81.7 Å². The van der Waals surface area contributed by atoms with Crippen LogP contribution in [0.25, 0.3) is 11.1 Å². The number of aliphatic hydroxyl groups is 3. The fourth-order valence-corrected chi connectivity index (χ4v) is 7.58. The van der Waals surface area contributed by atoms with Crippen LogP contribution in [0.3, 0.4) is 0 Å². The van der Waals surface area contributed by atoms with Gasteiger partial charge < -0.3 is 24.5 Å². The van der Waals surface area contributed by atoms with Crippen LogP contribution in [0, 0.1) is 31.7 Å². The summed E-state index contributed by atoms with van der Waals surface area (Å²) in [6, 6.07) is 4.83. The van der Waals surface area contributed by atoms with Crippen LogP contribution < -0.4 is 58.2 Å². The van der Waals surface area contributed by atoms with E-state index in [0.717, 1.165) is 42.5 Å². The fraction of sp³-hybridized carbons (Fsp3) is 0.714. The summed E-state index contributed by atoms with van der Waals surface area (Å²) in [6.45, 7) is 9.00. The molecule has 2 saturated heterocycles. The molecule has 5 unspecified atom stereocenters. The Morgan fingerprint density at radius 1 is 1.26 bits per heavy atom. The number of carbonyl (C=O) groups excluding carboxylic acids is 1. The number of fused-ring (bicyclic) bond motifs is 1. The monoisotopic (exact) mass is 650 g/mol. The van der Waals surface area contributed by atoms with Crippen molar-refractivity contribution in [1.82, 2.24) is 9.88 Å². The predicted octanol–water partition coefficient (Wildman–Crippen LogP) is 0.596. The maximum Gasteiger partial charge on any atom is 1.00 e. The van der Waals surface area contributed by atoms with E-state index in [1.165, 1.54) is 23.5 Å². The molecular weight excluding hydrogens is 610 g/mol. The molecule has 212 valence electrons. The molecule has 0 amide bonds. The normalized spacial score (nSPS) is 31.3. The van der Waals surface area contributed by atoms with E-state index < -0.39 is 35.8 Å². The molecule has 0 radical (unpaired) electrons. The number of thioether (sulfide) groups is 2. The zero-order valence-corrected chi connectivity index (χ0v) is 30.6. The van der Waals surface area contributed by atoms with Gasteiger partial charge in [-0.05, 0) is 37.6 Å². The first-order chi connectivity index (χ1) is 18.0. The van der Waals surface area contributed by atoms with Crippen molar-refractivity contribution in [3.05, 3.63) is 23.3 Å². The number of aryl methyl sites for hydroxylation is 2. The average molecular weight is 651 g/mol. The van der Waals surface area contributed by atoms with Crippen LogP contribution in [-0.2, 0) is 9.53 Å². The first kappa shape index (κ1) is 34.2. The van der Waals surface area contributed by atoms with Gasteiger partial charge in [0.25, 0.3) is 0 Å². The number of hydrogen-bond acceptors (Lipinski definition) is 10. The van der Waals surface area contributed by atoms with Crippen LogP contribution in [0.4, 0.5) is 0 Å². The summed E-state index contributed by atoms with van der Waals surface area (Å²) in [4.78, 5) is 20.5. The molecule has 4 rings (SSSR count). The number of benzene rings is 1. The molecule has 2 fully saturated rings. The van der Waals surface area contributed by atoms with Gasteiger partial charge in [-0.1, -0.05) is 45.9 Å².